The Hall–Kier alpha value is -2.57. The van der Waals surface area contributed by atoms with Crippen LogP contribution in [0.4, 0.5) is 4.79 Å². The minimum absolute atomic E-state index is 0.0273. The lowest BCUT2D eigenvalue weighted by Crippen LogP contribution is -2.47. The monoisotopic (exact) mass is 365 g/mol. The molecule has 1 aromatic rings. The summed E-state index contributed by atoms with van der Waals surface area (Å²) in [5.74, 6) is -1.16. The van der Waals surface area contributed by atoms with Crippen LogP contribution in [0.15, 0.2) is 24.3 Å². The number of alkyl carbamates (subject to hydrolysis) is 1. The van der Waals surface area contributed by atoms with Crippen molar-refractivity contribution in [3.63, 3.8) is 0 Å². The van der Waals surface area contributed by atoms with Gasteiger partial charge >= 0.3 is 18.0 Å². The van der Waals surface area contributed by atoms with Crippen molar-refractivity contribution >= 4 is 18.0 Å². The van der Waals surface area contributed by atoms with E-state index in [4.69, 9.17) is 9.47 Å². The maximum Gasteiger partial charge on any atom is 0.408 e. The van der Waals surface area contributed by atoms with Gasteiger partial charge in [0.2, 0.25) is 0 Å². The number of ether oxygens (including phenoxy) is 3. The molecule has 0 aliphatic rings. The zero-order chi connectivity index (χ0) is 19.9. The predicted octanol–water partition coefficient (Wildman–Crippen LogP) is 3.07. The summed E-state index contributed by atoms with van der Waals surface area (Å²) in [5.41, 5.74) is 0.469. The predicted molar refractivity (Wildman–Crippen MR) is 95.6 cm³/mol. The van der Waals surface area contributed by atoms with Crippen molar-refractivity contribution in [1.82, 2.24) is 5.32 Å². The van der Waals surface area contributed by atoms with Crippen LogP contribution in [0.5, 0.6) is 0 Å². The zero-order valence-corrected chi connectivity index (χ0v) is 16.1. The topological polar surface area (TPSA) is 90.9 Å². The molecule has 0 aromatic heterocycles. The molecule has 144 valence electrons. The van der Waals surface area contributed by atoms with Gasteiger partial charge in [-0.15, -0.1) is 0 Å². The Labute approximate surface area is 154 Å². The molecule has 0 heterocycles. The van der Waals surface area contributed by atoms with Crippen molar-refractivity contribution in [3.8, 4) is 0 Å². The number of amides is 1. The van der Waals surface area contributed by atoms with Crippen LogP contribution < -0.4 is 5.32 Å². The third-order valence-electron chi connectivity index (χ3n) is 3.35. The molecule has 1 aromatic carbocycles. The average molecular weight is 365 g/mol. The van der Waals surface area contributed by atoms with E-state index in [1.807, 2.05) is 0 Å². The standard InChI is InChI=1S/C19H27NO6/c1-12(2)15(20-18(23)26-19(3,4)5)17(22)25-11-13-7-9-14(10-8-13)16(21)24-6/h7-10,12,15H,11H2,1-6H3,(H,20,23)/t15-/m0/s1. The maximum absolute atomic E-state index is 12.3. The van der Waals surface area contributed by atoms with Crippen molar-refractivity contribution in [2.24, 2.45) is 5.92 Å². The molecule has 1 N–H and O–H groups in total. The van der Waals surface area contributed by atoms with E-state index in [0.29, 0.717) is 11.1 Å². The molecule has 0 spiro atoms. The maximum atomic E-state index is 12.3. The second-order valence-electron chi connectivity index (χ2n) is 7.16. The van der Waals surface area contributed by atoms with Gasteiger partial charge in [-0.3, -0.25) is 0 Å². The minimum Gasteiger partial charge on any atom is -0.465 e. The van der Waals surface area contributed by atoms with E-state index in [-0.39, 0.29) is 12.5 Å². The van der Waals surface area contributed by atoms with Crippen LogP contribution in [0.1, 0.15) is 50.5 Å². The van der Waals surface area contributed by atoms with Gasteiger partial charge in [0.15, 0.2) is 0 Å². The summed E-state index contributed by atoms with van der Waals surface area (Å²) in [6.07, 6.45) is -0.671. The summed E-state index contributed by atoms with van der Waals surface area (Å²) in [6, 6.07) is 5.71. The van der Waals surface area contributed by atoms with Crippen LogP contribution in [0, 0.1) is 5.92 Å². The molecule has 1 amide bonds. The molecular formula is C19H27NO6. The summed E-state index contributed by atoms with van der Waals surface area (Å²) < 4.78 is 15.1. The van der Waals surface area contributed by atoms with E-state index in [0.717, 1.165) is 0 Å². The van der Waals surface area contributed by atoms with E-state index >= 15 is 0 Å². The van der Waals surface area contributed by atoms with E-state index in [9.17, 15) is 14.4 Å². The van der Waals surface area contributed by atoms with Crippen molar-refractivity contribution in [2.45, 2.75) is 52.9 Å². The Balaban J connectivity index is 2.65. The fourth-order valence-corrected chi connectivity index (χ4v) is 2.03. The number of methoxy groups -OCH3 is 1. The third-order valence-corrected chi connectivity index (χ3v) is 3.35. The molecule has 0 unspecified atom stereocenters. The SMILES string of the molecule is COC(=O)c1ccc(COC(=O)[C@@H](NC(=O)OC(C)(C)C)C(C)C)cc1. The Bertz CT molecular complexity index is 630. The zero-order valence-electron chi connectivity index (χ0n) is 16.1. The molecule has 1 rings (SSSR count). The first-order chi connectivity index (χ1) is 12.0. The molecule has 0 saturated heterocycles. The summed E-state index contributed by atoms with van der Waals surface area (Å²) >= 11 is 0. The fraction of sp³-hybridized carbons (Fsp3) is 0.526. The van der Waals surface area contributed by atoms with Gasteiger partial charge in [-0.05, 0) is 44.4 Å². The number of carbonyl (C=O) groups excluding carboxylic acids is 3. The van der Waals surface area contributed by atoms with E-state index in [1.54, 1.807) is 58.9 Å². The molecule has 0 radical (unpaired) electrons. The summed E-state index contributed by atoms with van der Waals surface area (Å²) in [5, 5.41) is 2.54. The average Bonchev–Trinajstić information content (AvgIpc) is 2.55. The summed E-state index contributed by atoms with van der Waals surface area (Å²) in [4.78, 5) is 35.6. The highest BCUT2D eigenvalue weighted by molar-refractivity contribution is 5.89. The molecule has 0 aliphatic carbocycles. The van der Waals surface area contributed by atoms with Gasteiger partial charge in [0, 0.05) is 0 Å². The van der Waals surface area contributed by atoms with Crippen molar-refractivity contribution in [3.05, 3.63) is 35.4 Å². The van der Waals surface area contributed by atoms with Crippen LogP contribution in [0.3, 0.4) is 0 Å². The molecule has 0 saturated carbocycles. The second-order valence-corrected chi connectivity index (χ2v) is 7.16. The first-order valence-electron chi connectivity index (χ1n) is 8.37. The quantitative estimate of drug-likeness (QED) is 0.615. The lowest BCUT2D eigenvalue weighted by atomic mass is 10.1. The van der Waals surface area contributed by atoms with Crippen molar-refractivity contribution in [1.29, 1.82) is 0 Å². The summed E-state index contributed by atoms with van der Waals surface area (Å²) in [6.45, 7) is 8.86. The number of nitrogens with one attached hydrogen (secondary N) is 1. The Morgan fingerprint density at radius 3 is 2.12 bits per heavy atom. The number of rotatable bonds is 6. The normalized spacial score (nSPS) is 12.3. The molecule has 26 heavy (non-hydrogen) atoms. The van der Waals surface area contributed by atoms with Crippen LogP contribution in [0.25, 0.3) is 0 Å². The lowest BCUT2D eigenvalue weighted by molar-refractivity contribution is -0.148. The lowest BCUT2D eigenvalue weighted by Gasteiger charge is -2.24. The van der Waals surface area contributed by atoms with Crippen molar-refractivity contribution in [2.75, 3.05) is 7.11 Å². The Morgan fingerprint density at radius 2 is 1.65 bits per heavy atom. The number of hydrogen-bond acceptors (Lipinski definition) is 6. The molecule has 0 fully saturated rings. The van der Waals surface area contributed by atoms with Gasteiger partial charge < -0.3 is 19.5 Å². The van der Waals surface area contributed by atoms with E-state index < -0.39 is 29.7 Å². The van der Waals surface area contributed by atoms with Crippen LogP contribution in [-0.4, -0.2) is 36.8 Å². The highest BCUT2D eigenvalue weighted by Crippen LogP contribution is 2.12. The van der Waals surface area contributed by atoms with E-state index in [1.165, 1.54) is 7.11 Å². The largest absolute Gasteiger partial charge is 0.465 e. The van der Waals surface area contributed by atoms with Gasteiger partial charge in [-0.1, -0.05) is 26.0 Å². The van der Waals surface area contributed by atoms with Crippen LogP contribution >= 0.6 is 0 Å². The molecule has 7 heteroatoms. The smallest absolute Gasteiger partial charge is 0.408 e. The summed E-state index contributed by atoms with van der Waals surface area (Å²) in [7, 11) is 1.31. The minimum atomic E-state index is -0.820. The van der Waals surface area contributed by atoms with Gasteiger partial charge in [0.05, 0.1) is 12.7 Å². The first kappa shape index (κ1) is 21.5. The molecule has 0 aliphatic heterocycles. The first-order valence-corrected chi connectivity index (χ1v) is 8.37. The molecular weight excluding hydrogens is 338 g/mol. The molecule has 0 bridgehead atoms. The van der Waals surface area contributed by atoms with Gasteiger partial charge in [0.25, 0.3) is 0 Å². The Morgan fingerprint density at radius 1 is 1.08 bits per heavy atom. The number of benzene rings is 1. The van der Waals surface area contributed by atoms with Gasteiger partial charge in [0.1, 0.15) is 18.2 Å². The van der Waals surface area contributed by atoms with Crippen LogP contribution in [0.2, 0.25) is 0 Å². The van der Waals surface area contributed by atoms with Crippen molar-refractivity contribution < 1.29 is 28.6 Å². The van der Waals surface area contributed by atoms with Gasteiger partial charge in [-0.2, -0.15) is 0 Å². The van der Waals surface area contributed by atoms with Crippen LogP contribution in [-0.2, 0) is 25.6 Å². The highest BCUT2D eigenvalue weighted by atomic mass is 16.6. The third kappa shape index (κ3) is 7.13. The molecule has 1 atom stereocenters. The van der Waals surface area contributed by atoms with Gasteiger partial charge in [-0.25, -0.2) is 14.4 Å². The fourth-order valence-electron chi connectivity index (χ4n) is 2.03. The number of carbonyl (C=O) groups is 3. The number of hydrogen-bond donors (Lipinski definition) is 1. The van der Waals surface area contributed by atoms with E-state index in [2.05, 4.69) is 10.1 Å². The highest BCUT2D eigenvalue weighted by Gasteiger charge is 2.28. The molecule has 7 nitrogen and oxygen atoms in total. The second kappa shape index (κ2) is 9.22. The number of esters is 2. The Kier molecular flexibility index (Phi) is 7.61.